The largest absolute Gasteiger partial charge is 0.506 e. The van der Waals surface area contributed by atoms with Gasteiger partial charge in [0.15, 0.2) is 5.82 Å². The van der Waals surface area contributed by atoms with Crippen LogP contribution in [0.15, 0.2) is 18.2 Å². The lowest BCUT2D eigenvalue weighted by atomic mass is 10.1. The normalized spacial score (nSPS) is 13.2. The van der Waals surface area contributed by atoms with E-state index in [0.29, 0.717) is 10.8 Å². The second kappa shape index (κ2) is 6.12. The molecule has 0 unspecified atom stereocenters. The fourth-order valence-corrected chi connectivity index (χ4v) is 3.44. The molecule has 1 aromatic heterocycles. The van der Waals surface area contributed by atoms with E-state index >= 15 is 0 Å². The first-order chi connectivity index (χ1) is 10.2. The quantitative estimate of drug-likeness (QED) is 0.889. The molecule has 2 aromatic rings. The fourth-order valence-electron chi connectivity index (χ4n) is 2.22. The average Bonchev–Trinajstić information content (AvgIpc) is 2.96. The van der Waals surface area contributed by atoms with Gasteiger partial charge in [0, 0.05) is 29.2 Å². The van der Waals surface area contributed by atoms with Crippen LogP contribution in [0.1, 0.15) is 24.6 Å². The van der Waals surface area contributed by atoms with E-state index in [2.05, 4.69) is 22.2 Å². The Hall–Kier alpha value is -1.46. The Morgan fingerprint density at radius 3 is 2.95 bits per heavy atom. The van der Waals surface area contributed by atoms with Crippen molar-refractivity contribution in [2.75, 3.05) is 11.9 Å². The first-order valence-electron chi connectivity index (χ1n) is 6.89. The predicted octanol–water partition coefficient (Wildman–Crippen LogP) is 4.07. The Morgan fingerprint density at radius 1 is 1.33 bits per heavy atom. The minimum atomic E-state index is 0.0708. The number of benzene rings is 1. The van der Waals surface area contributed by atoms with Gasteiger partial charge in [-0.05, 0) is 24.6 Å². The minimum absolute atomic E-state index is 0.0708. The summed E-state index contributed by atoms with van der Waals surface area (Å²) in [4.78, 5) is 9.30. The summed E-state index contributed by atoms with van der Waals surface area (Å²) in [5.74, 6) is 3.51. The molecule has 0 spiro atoms. The summed E-state index contributed by atoms with van der Waals surface area (Å²) in [7, 11) is 0. The van der Waals surface area contributed by atoms with Crippen molar-refractivity contribution in [3.05, 3.63) is 34.5 Å². The van der Waals surface area contributed by atoms with Crippen LogP contribution in [0.2, 0.25) is 5.02 Å². The van der Waals surface area contributed by atoms with Crippen LogP contribution >= 0.6 is 23.4 Å². The summed E-state index contributed by atoms with van der Waals surface area (Å²) in [6.45, 7) is 3.02. The number of anilines is 1. The van der Waals surface area contributed by atoms with Crippen molar-refractivity contribution in [2.24, 2.45) is 0 Å². The third kappa shape index (κ3) is 2.94. The SMILES string of the molecule is CCCNc1nc(-c2ccc(O)c(Cl)c2)nc2c1CSC2. The molecule has 3 rings (SSSR count). The van der Waals surface area contributed by atoms with Crippen molar-refractivity contribution in [3.63, 3.8) is 0 Å². The van der Waals surface area contributed by atoms with Crippen LogP contribution in [0.3, 0.4) is 0 Å². The molecule has 0 amide bonds. The van der Waals surface area contributed by atoms with Gasteiger partial charge in [-0.25, -0.2) is 9.97 Å². The van der Waals surface area contributed by atoms with Gasteiger partial charge in [0.05, 0.1) is 10.7 Å². The van der Waals surface area contributed by atoms with Gasteiger partial charge < -0.3 is 10.4 Å². The van der Waals surface area contributed by atoms with Gasteiger partial charge in [0.2, 0.25) is 0 Å². The summed E-state index contributed by atoms with van der Waals surface area (Å²) < 4.78 is 0. The van der Waals surface area contributed by atoms with Crippen LogP contribution in [0.5, 0.6) is 5.75 Å². The number of thioether (sulfide) groups is 1. The third-order valence-electron chi connectivity index (χ3n) is 3.33. The Balaban J connectivity index is 2.04. The van der Waals surface area contributed by atoms with Gasteiger partial charge in [-0.2, -0.15) is 11.8 Å². The molecule has 0 saturated heterocycles. The van der Waals surface area contributed by atoms with E-state index in [1.54, 1.807) is 18.2 Å². The molecular weight excluding hydrogens is 306 g/mol. The minimum Gasteiger partial charge on any atom is -0.506 e. The van der Waals surface area contributed by atoms with Gasteiger partial charge in [-0.15, -0.1) is 0 Å². The summed E-state index contributed by atoms with van der Waals surface area (Å²) in [5, 5.41) is 13.2. The summed E-state index contributed by atoms with van der Waals surface area (Å²) in [6, 6.07) is 5.06. The molecule has 4 nitrogen and oxygen atoms in total. The van der Waals surface area contributed by atoms with E-state index in [-0.39, 0.29) is 5.75 Å². The number of hydrogen-bond donors (Lipinski definition) is 2. The molecule has 0 aliphatic carbocycles. The Labute approximate surface area is 133 Å². The molecule has 0 radical (unpaired) electrons. The maximum Gasteiger partial charge on any atom is 0.161 e. The van der Waals surface area contributed by atoms with Crippen molar-refractivity contribution in [3.8, 4) is 17.1 Å². The highest BCUT2D eigenvalue weighted by Gasteiger charge is 2.20. The lowest BCUT2D eigenvalue weighted by Gasteiger charge is -2.11. The second-order valence-electron chi connectivity index (χ2n) is 4.91. The Morgan fingerprint density at radius 2 is 2.19 bits per heavy atom. The van der Waals surface area contributed by atoms with Gasteiger partial charge in [0.1, 0.15) is 11.6 Å². The van der Waals surface area contributed by atoms with Gasteiger partial charge in [0.25, 0.3) is 0 Å². The zero-order valence-corrected chi connectivity index (χ0v) is 13.3. The number of phenols is 1. The molecule has 6 heteroatoms. The first-order valence-corrected chi connectivity index (χ1v) is 8.42. The monoisotopic (exact) mass is 321 g/mol. The van der Waals surface area contributed by atoms with Crippen LogP contribution in [-0.2, 0) is 11.5 Å². The van der Waals surface area contributed by atoms with Crippen LogP contribution in [0, 0.1) is 0 Å². The molecular formula is C15H16ClN3OS. The smallest absolute Gasteiger partial charge is 0.161 e. The zero-order valence-electron chi connectivity index (χ0n) is 11.7. The highest BCUT2D eigenvalue weighted by atomic mass is 35.5. The number of nitrogens with zero attached hydrogens (tertiary/aromatic N) is 2. The zero-order chi connectivity index (χ0) is 14.8. The number of halogens is 1. The lowest BCUT2D eigenvalue weighted by Crippen LogP contribution is -2.08. The number of phenolic OH excluding ortho intramolecular Hbond substituents is 1. The molecule has 21 heavy (non-hydrogen) atoms. The molecule has 1 aromatic carbocycles. The number of aromatic nitrogens is 2. The number of rotatable bonds is 4. The number of hydrogen-bond acceptors (Lipinski definition) is 5. The van der Waals surface area contributed by atoms with Crippen LogP contribution in [0.25, 0.3) is 11.4 Å². The van der Waals surface area contributed by atoms with Gasteiger partial charge in [-0.3, -0.25) is 0 Å². The molecule has 0 bridgehead atoms. The molecule has 0 atom stereocenters. The predicted molar refractivity (Wildman–Crippen MR) is 87.9 cm³/mol. The van der Waals surface area contributed by atoms with Crippen molar-refractivity contribution in [1.29, 1.82) is 0 Å². The second-order valence-corrected chi connectivity index (χ2v) is 6.30. The highest BCUT2D eigenvalue weighted by molar-refractivity contribution is 7.98. The Bertz CT molecular complexity index is 678. The fraction of sp³-hybridized carbons (Fsp3) is 0.333. The highest BCUT2D eigenvalue weighted by Crippen LogP contribution is 2.35. The molecule has 2 N–H and O–H groups in total. The van der Waals surface area contributed by atoms with Crippen molar-refractivity contribution >= 4 is 29.2 Å². The lowest BCUT2D eigenvalue weighted by molar-refractivity contribution is 0.475. The summed E-state index contributed by atoms with van der Waals surface area (Å²) in [6.07, 6.45) is 1.05. The van der Waals surface area contributed by atoms with Crippen molar-refractivity contribution in [2.45, 2.75) is 24.9 Å². The van der Waals surface area contributed by atoms with Gasteiger partial charge >= 0.3 is 0 Å². The number of nitrogens with one attached hydrogen (secondary N) is 1. The summed E-state index contributed by atoms with van der Waals surface area (Å²) >= 11 is 7.83. The number of fused-ring (bicyclic) bond motifs is 1. The standard InChI is InChI=1S/C15H16ClN3OS/c1-2-5-17-15-10-7-21-8-12(10)18-14(19-15)9-3-4-13(20)11(16)6-9/h3-4,6,20H,2,5,7-8H2,1H3,(H,17,18,19). The molecule has 0 fully saturated rings. The van der Waals surface area contributed by atoms with Crippen molar-refractivity contribution in [1.82, 2.24) is 9.97 Å². The van der Waals surface area contributed by atoms with E-state index in [9.17, 15) is 5.11 Å². The number of aromatic hydroxyl groups is 1. The van der Waals surface area contributed by atoms with Crippen LogP contribution < -0.4 is 5.32 Å². The van der Waals surface area contributed by atoms with E-state index < -0.39 is 0 Å². The van der Waals surface area contributed by atoms with E-state index in [1.807, 2.05) is 11.8 Å². The van der Waals surface area contributed by atoms with Crippen LogP contribution in [-0.4, -0.2) is 21.6 Å². The van der Waals surface area contributed by atoms with Gasteiger partial charge in [-0.1, -0.05) is 18.5 Å². The third-order valence-corrected chi connectivity index (χ3v) is 4.60. The molecule has 110 valence electrons. The molecule has 0 saturated carbocycles. The van der Waals surface area contributed by atoms with E-state index in [1.165, 1.54) is 5.56 Å². The van der Waals surface area contributed by atoms with E-state index in [4.69, 9.17) is 11.6 Å². The molecule has 1 aliphatic heterocycles. The van der Waals surface area contributed by atoms with E-state index in [0.717, 1.165) is 41.5 Å². The first kappa shape index (κ1) is 14.5. The summed E-state index contributed by atoms with van der Waals surface area (Å²) in [5.41, 5.74) is 3.12. The maximum absolute atomic E-state index is 9.53. The Kier molecular flexibility index (Phi) is 4.22. The maximum atomic E-state index is 9.53. The van der Waals surface area contributed by atoms with Crippen molar-refractivity contribution < 1.29 is 5.11 Å². The molecule has 2 heterocycles. The average molecular weight is 322 g/mol. The topological polar surface area (TPSA) is 58.0 Å². The molecule has 1 aliphatic rings. The van der Waals surface area contributed by atoms with Crippen LogP contribution in [0.4, 0.5) is 5.82 Å².